The van der Waals surface area contributed by atoms with Crippen molar-refractivity contribution in [2.75, 3.05) is 49.7 Å². The second-order valence-corrected chi connectivity index (χ2v) is 12.3. The first-order chi connectivity index (χ1) is 22.4. The van der Waals surface area contributed by atoms with Gasteiger partial charge in [0.15, 0.2) is 5.82 Å². The number of aromatic nitrogens is 4. The Labute approximate surface area is 274 Å². The number of amides is 5. The zero-order chi connectivity index (χ0) is 34.1. The maximum Gasteiger partial charge on any atom is 0.291 e. The number of hydrogen-bond acceptors (Lipinski definition) is 7. The Bertz CT molecular complexity index is 1590. The summed E-state index contributed by atoms with van der Waals surface area (Å²) in [6.07, 6.45) is 10.4. The molecule has 5 amide bonds. The van der Waals surface area contributed by atoms with Crippen LogP contribution < -0.4 is 26.6 Å². The van der Waals surface area contributed by atoms with Crippen LogP contribution in [0, 0.1) is 5.92 Å². The molecule has 0 bridgehead atoms. The Morgan fingerprint density at radius 1 is 0.766 bits per heavy atom. The first-order valence-corrected chi connectivity index (χ1v) is 15.9. The summed E-state index contributed by atoms with van der Waals surface area (Å²) in [6, 6.07) is 3.14. The van der Waals surface area contributed by atoms with Gasteiger partial charge in [0.2, 0.25) is 17.6 Å². The Balaban J connectivity index is 1.26. The fourth-order valence-electron chi connectivity index (χ4n) is 5.53. The molecule has 1 aliphatic rings. The van der Waals surface area contributed by atoms with Crippen LogP contribution in [0.5, 0.6) is 0 Å². The molecule has 1 saturated carbocycles. The molecule has 0 atom stereocenters. The van der Waals surface area contributed by atoms with Crippen molar-refractivity contribution in [1.29, 1.82) is 0 Å². The van der Waals surface area contributed by atoms with Gasteiger partial charge in [0.05, 0.1) is 11.4 Å². The van der Waals surface area contributed by atoms with E-state index < -0.39 is 11.8 Å². The number of anilines is 3. The molecule has 0 spiro atoms. The van der Waals surface area contributed by atoms with Crippen molar-refractivity contribution in [2.24, 2.45) is 27.1 Å². The van der Waals surface area contributed by atoms with E-state index in [9.17, 15) is 24.0 Å². The van der Waals surface area contributed by atoms with Crippen molar-refractivity contribution in [1.82, 2.24) is 34.2 Å². The van der Waals surface area contributed by atoms with Crippen LogP contribution in [0.15, 0.2) is 30.7 Å². The minimum Gasteiger partial charge on any atom is -0.356 e. The van der Waals surface area contributed by atoms with E-state index in [4.69, 9.17) is 0 Å². The number of nitrogens with zero attached hydrogens (tertiary/aromatic N) is 5. The summed E-state index contributed by atoms with van der Waals surface area (Å²) in [5.74, 6) is -1.06. The lowest BCUT2D eigenvalue weighted by atomic mass is 10.1. The number of aryl methyl sites for hydroxylation is 3. The topological polar surface area (TPSA) is 176 Å². The summed E-state index contributed by atoms with van der Waals surface area (Å²) in [6.45, 7) is 1.83. The first-order valence-electron chi connectivity index (χ1n) is 15.9. The molecule has 254 valence electrons. The Kier molecular flexibility index (Phi) is 11.9. The van der Waals surface area contributed by atoms with Gasteiger partial charge in [-0.05, 0) is 58.5 Å². The van der Waals surface area contributed by atoms with Crippen molar-refractivity contribution in [2.45, 2.75) is 44.9 Å². The highest BCUT2D eigenvalue weighted by Gasteiger charge is 2.22. The average molecular weight is 651 g/mol. The third-order valence-corrected chi connectivity index (χ3v) is 8.01. The van der Waals surface area contributed by atoms with E-state index in [1.54, 1.807) is 54.8 Å². The molecule has 4 rings (SSSR count). The summed E-state index contributed by atoms with van der Waals surface area (Å²) < 4.78 is 4.70. The normalized spacial score (nSPS) is 13.1. The van der Waals surface area contributed by atoms with Crippen LogP contribution in [0.4, 0.5) is 17.2 Å². The summed E-state index contributed by atoms with van der Waals surface area (Å²) in [5.41, 5.74) is 1.57. The van der Waals surface area contributed by atoms with Gasteiger partial charge < -0.3 is 45.2 Å². The second kappa shape index (κ2) is 16.1. The molecule has 15 heteroatoms. The minimum absolute atomic E-state index is 0.0538. The number of carbonyl (C=O) groups is 5. The molecule has 1 aliphatic carbocycles. The van der Waals surface area contributed by atoms with Gasteiger partial charge in [-0.3, -0.25) is 24.0 Å². The molecule has 3 heterocycles. The molecule has 0 aliphatic heterocycles. The Hall–Kier alpha value is -4.92. The number of carbonyl (C=O) groups excluding carboxylic acids is 5. The third kappa shape index (κ3) is 9.78. The lowest BCUT2D eigenvalue weighted by Gasteiger charge is -2.10. The zero-order valence-electron chi connectivity index (χ0n) is 27.8. The highest BCUT2D eigenvalue weighted by atomic mass is 16.2. The fraction of sp³-hybridized carbons (Fsp3) is 0.500. The molecule has 3 aromatic heterocycles. The van der Waals surface area contributed by atoms with Gasteiger partial charge in [0, 0.05) is 65.2 Å². The lowest BCUT2D eigenvalue weighted by molar-refractivity contribution is -0.125. The van der Waals surface area contributed by atoms with Crippen LogP contribution in [0.3, 0.4) is 0 Å². The smallest absolute Gasteiger partial charge is 0.291 e. The van der Waals surface area contributed by atoms with Crippen LogP contribution in [0.1, 0.15) is 76.5 Å². The Morgan fingerprint density at radius 2 is 1.38 bits per heavy atom. The molecule has 0 aromatic carbocycles. The number of imidazole rings is 1. The Morgan fingerprint density at radius 3 is 2.04 bits per heavy atom. The molecule has 0 saturated heterocycles. The maximum atomic E-state index is 13.1. The van der Waals surface area contributed by atoms with Gasteiger partial charge in [0.1, 0.15) is 11.4 Å². The van der Waals surface area contributed by atoms with Crippen LogP contribution in [-0.2, 0) is 30.7 Å². The molecule has 3 aromatic rings. The molecular weight excluding hydrogens is 604 g/mol. The average Bonchev–Trinajstić information content (AvgIpc) is 3.81. The van der Waals surface area contributed by atoms with Crippen LogP contribution in [0.25, 0.3) is 0 Å². The molecular formula is C32H46N10O5. The molecule has 0 radical (unpaired) electrons. The second-order valence-electron chi connectivity index (χ2n) is 12.3. The molecule has 0 unspecified atom stereocenters. The van der Waals surface area contributed by atoms with Gasteiger partial charge in [-0.1, -0.05) is 12.8 Å². The first kappa shape index (κ1) is 34.9. The van der Waals surface area contributed by atoms with Gasteiger partial charge in [-0.15, -0.1) is 0 Å². The van der Waals surface area contributed by atoms with E-state index in [0.717, 1.165) is 38.6 Å². The summed E-state index contributed by atoms with van der Waals surface area (Å²) in [5, 5.41) is 14.0. The van der Waals surface area contributed by atoms with E-state index in [1.165, 1.54) is 10.8 Å². The van der Waals surface area contributed by atoms with E-state index in [2.05, 4.69) is 31.6 Å². The van der Waals surface area contributed by atoms with E-state index in [0.29, 0.717) is 36.6 Å². The molecule has 5 N–H and O–H groups in total. The lowest BCUT2D eigenvalue weighted by Crippen LogP contribution is -2.30. The molecule has 15 nitrogen and oxygen atoms in total. The van der Waals surface area contributed by atoms with Crippen LogP contribution in [-0.4, -0.2) is 86.9 Å². The molecule has 47 heavy (non-hydrogen) atoms. The van der Waals surface area contributed by atoms with Crippen LogP contribution in [0.2, 0.25) is 0 Å². The van der Waals surface area contributed by atoms with E-state index >= 15 is 0 Å². The van der Waals surface area contributed by atoms with E-state index in [-0.39, 0.29) is 47.4 Å². The zero-order valence-corrected chi connectivity index (χ0v) is 27.8. The van der Waals surface area contributed by atoms with Crippen molar-refractivity contribution in [3.05, 3.63) is 47.9 Å². The SMILES string of the molecule is CN(C)CCCNC(=O)c1cc(NC(=O)c2nc(NC(=O)c3cc(NC(=O)CCCNC(=O)C4CCCC4)cn3C)cn2C)cn1C. The van der Waals surface area contributed by atoms with Crippen molar-refractivity contribution in [3.63, 3.8) is 0 Å². The summed E-state index contributed by atoms with van der Waals surface area (Å²) >= 11 is 0. The number of nitrogens with one attached hydrogen (secondary N) is 5. The quantitative estimate of drug-likeness (QED) is 0.157. The van der Waals surface area contributed by atoms with E-state index in [1.807, 2.05) is 19.0 Å². The highest BCUT2D eigenvalue weighted by Crippen LogP contribution is 2.24. The standard InChI is InChI=1S/C32H46N10O5/c1-39(2)15-9-14-34-30(45)24-17-23(19-40(24)3)36-32(47)28-37-26(20-42(28)5)38-31(46)25-16-22(18-41(25)4)35-27(43)12-8-13-33-29(44)21-10-6-7-11-21/h16-21H,6-15H2,1-5H3,(H,33,44)(H,34,45)(H,35,43)(H,36,47)(H,38,46). The highest BCUT2D eigenvalue weighted by molar-refractivity contribution is 6.06. The van der Waals surface area contributed by atoms with Crippen molar-refractivity contribution >= 4 is 46.7 Å². The van der Waals surface area contributed by atoms with Gasteiger partial charge in [-0.25, -0.2) is 4.98 Å². The molecule has 1 fully saturated rings. The predicted molar refractivity (Wildman–Crippen MR) is 178 cm³/mol. The minimum atomic E-state index is -0.515. The predicted octanol–water partition coefficient (Wildman–Crippen LogP) is 2.31. The summed E-state index contributed by atoms with van der Waals surface area (Å²) in [7, 11) is 8.97. The number of rotatable bonds is 15. The van der Waals surface area contributed by atoms with Gasteiger partial charge in [0.25, 0.3) is 17.7 Å². The largest absolute Gasteiger partial charge is 0.356 e. The van der Waals surface area contributed by atoms with Crippen molar-refractivity contribution in [3.8, 4) is 0 Å². The number of hydrogen-bond donors (Lipinski definition) is 5. The van der Waals surface area contributed by atoms with Crippen molar-refractivity contribution < 1.29 is 24.0 Å². The van der Waals surface area contributed by atoms with Gasteiger partial charge >= 0.3 is 0 Å². The monoisotopic (exact) mass is 650 g/mol. The van der Waals surface area contributed by atoms with Gasteiger partial charge in [-0.2, -0.15) is 0 Å². The fourth-order valence-corrected chi connectivity index (χ4v) is 5.53. The van der Waals surface area contributed by atoms with Crippen LogP contribution >= 0.6 is 0 Å². The summed E-state index contributed by atoms with van der Waals surface area (Å²) in [4.78, 5) is 69.6. The third-order valence-electron chi connectivity index (χ3n) is 8.01. The maximum absolute atomic E-state index is 13.1.